The summed E-state index contributed by atoms with van der Waals surface area (Å²) in [6, 6.07) is 5.70. The van der Waals surface area contributed by atoms with E-state index in [-0.39, 0.29) is 5.84 Å². The minimum Gasteiger partial charge on any atom is -0.382 e. The summed E-state index contributed by atoms with van der Waals surface area (Å²) in [6.07, 6.45) is 3.69. The molecule has 0 atom stereocenters. The Morgan fingerprint density at radius 1 is 1.44 bits per heavy atom. The van der Waals surface area contributed by atoms with Crippen molar-refractivity contribution in [2.45, 2.75) is 0 Å². The lowest BCUT2D eigenvalue weighted by atomic mass is 10.3. The molecule has 2 rings (SSSR count). The molecule has 2 heterocycles. The molecule has 0 saturated heterocycles. The van der Waals surface area contributed by atoms with Gasteiger partial charge < -0.3 is 16.0 Å². The second kappa shape index (κ2) is 4.01. The topological polar surface area (TPSA) is 94.1 Å². The number of nitrogens with two attached hydrogens (primary N) is 2. The first kappa shape index (κ1) is 10.2. The van der Waals surface area contributed by atoms with E-state index in [4.69, 9.17) is 11.6 Å². The van der Waals surface area contributed by atoms with E-state index in [0.717, 1.165) is 5.65 Å². The summed E-state index contributed by atoms with van der Waals surface area (Å²) in [5.74, 6) is 5.55. The quantitative estimate of drug-likeness (QED) is 0.320. The van der Waals surface area contributed by atoms with E-state index in [2.05, 4.69) is 15.1 Å². The Bertz CT molecular complexity index is 532. The first-order valence-corrected chi connectivity index (χ1v) is 4.71. The number of nitrogens with zero attached hydrogens (tertiary/aromatic N) is 4. The molecule has 4 N–H and O–H groups in total. The molecule has 6 nitrogen and oxygen atoms in total. The fourth-order valence-corrected chi connectivity index (χ4v) is 1.42. The van der Waals surface area contributed by atoms with Crippen molar-refractivity contribution in [1.29, 1.82) is 0 Å². The number of pyridine rings is 1. The molecule has 16 heavy (non-hydrogen) atoms. The number of imidazole rings is 1. The number of rotatable bonds is 2. The molecule has 0 aromatic carbocycles. The van der Waals surface area contributed by atoms with Gasteiger partial charge in [-0.1, -0.05) is 6.07 Å². The van der Waals surface area contributed by atoms with Crippen LogP contribution in [0.5, 0.6) is 0 Å². The summed E-state index contributed by atoms with van der Waals surface area (Å²) < 4.78 is 1.86. The molecule has 0 unspecified atom stereocenters. The number of fused-ring (bicyclic) bond motifs is 1. The number of hydrogen-bond acceptors (Lipinski definition) is 4. The van der Waals surface area contributed by atoms with E-state index in [1.54, 1.807) is 13.2 Å². The van der Waals surface area contributed by atoms with Gasteiger partial charge in [-0.2, -0.15) is 5.10 Å². The van der Waals surface area contributed by atoms with Crippen LogP contribution >= 0.6 is 0 Å². The first-order chi connectivity index (χ1) is 7.76. The second-order valence-corrected chi connectivity index (χ2v) is 3.18. The molecule has 0 bridgehead atoms. The van der Waals surface area contributed by atoms with E-state index in [0.29, 0.717) is 11.4 Å². The fourth-order valence-electron chi connectivity index (χ4n) is 1.42. The Balaban J connectivity index is 2.55. The monoisotopic (exact) mass is 216 g/mol. The summed E-state index contributed by atoms with van der Waals surface area (Å²) in [6.45, 7) is 0. The van der Waals surface area contributed by atoms with Crippen molar-refractivity contribution < 1.29 is 0 Å². The Hall–Kier alpha value is -2.37. The van der Waals surface area contributed by atoms with Crippen LogP contribution in [-0.2, 0) is 0 Å². The molecule has 2 aromatic heterocycles. The highest BCUT2D eigenvalue weighted by molar-refractivity contribution is 6.46. The van der Waals surface area contributed by atoms with Gasteiger partial charge in [-0.05, 0) is 12.1 Å². The molecule has 0 aliphatic heterocycles. The van der Waals surface area contributed by atoms with Gasteiger partial charge in [0.05, 0.1) is 0 Å². The maximum absolute atomic E-state index is 5.67. The lowest BCUT2D eigenvalue weighted by Gasteiger charge is -1.98. The van der Waals surface area contributed by atoms with Crippen LogP contribution in [0.25, 0.3) is 5.65 Å². The smallest absolute Gasteiger partial charge is 0.151 e. The maximum Gasteiger partial charge on any atom is 0.151 e. The van der Waals surface area contributed by atoms with Crippen LogP contribution < -0.4 is 11.6 Å². The van der Waals surface area contributed by atoms with Gasteiger partial charge in [0.25, 0.3) is 0 Å². The molecule has 0 radical (unpaired) electrons. The summed E-state index contributed by atoms with van der Waals surface area (Å²) in [7, 11) is 1.58. The molecule has 82 valence electrons. The highest BCUT2D eigenvalue weighted by Crippen LogP contribution is 2.05. The van der Waals surface area contributed by atoms with Gasteiger partial charge in [0.1, 0.15) is 17.2 Å². The Labute approximate surface area is 92.3 Å². The van der Waals surface area contributed by atoms with Gasteiger partial charge in [0, 0.05) is 19.4 Å². The van der Waals surface area contributed by atoms with Gasteiger partial charge in [-0.15, -0.1) is 0 Å². The van der Waals surface area contributed by atoms with Crippen LogP contribution in [0.3, 0.4) is 0 Å². The van der Waals surface area contributed by atoms with Crippen LogP contribution in [0.4, 0.5) is 0 Å². The van der Waals surface area contributed by atoms with Crippen molar-refractivity contribution in [3.8, 4) is 0 Å². The van der Waals surface area contributed by atoms with Crippen molar-refractivity contribution in [2.75, 3.05) is 7.05 Å². The van der Waals surface area contributed by atoms with Gasteiger partial charge in [-0.3, -0.25) is 4.99 Å². The van der Waals surface area contributed by atoms with Crippen LogP contribution in [0.1, 0.15) is 5.69 Å². The number of amidine groups is 1. The molecule has 6 heteroatoms. The Morgan fingerprint density at radius 3 is 2.88 bits per heavy atom. The summed E-state index contributed by atoms with van der Waals surface area (Å²) in [4.78, 5) is 8.18. The zero-order valence-corrected chi connectivity index (χ0v) is 8.83. The molecule has 0 saturated carbocycles. The number of aromatic nitrogens is 2. The maximum atomic E-state index is 5.67. The third-order valence-electron chi connectivity index (χ3n) is 2.22. The second-order valence-electron chi connectivity index (χ2n) is 3.18. The predicted molar refractivity (Wildman–Crippen MR) is 63.5 cm³/mol. The van der Waals surface area contributed by atoms with Gasteiger partial charge in [-0.25, -0.2) is 4.98 Å². The molecule has 2 aromatic rings. The van der Waals surface area contributed by atoms with E-state index in [1.165, 1.54) is 0 Å². The normalized spacial score (nSPS) is 13.3. The molecule has 0 amide bonds. The van der Waals surface area contributed by atoms with Crippen molar-refractivity contribution in [3.63, 3.8) is 0 Å². The SMILES string of the molecule is CN=C(N)C(=NN)c1cn2ccccc2n1. The highest BCUT2D eigenvalue weighted by atomic mass is 15.1. The van der Waals surface area contributed by atoms with Crippen molar-refractivity contribution >= 4 is 17.2 Å². The average molecular weight is 216 g/mol. The van der Waals surface area contributed by atoms with Crippen molar-refractivity contribution in [1.82, 2.24) is 9.38 Å². The summed E-state index contributed by atoms with van der Waals surface area (Å²) >= 11 is 0. The lowest BCUT2D eigenvalue weighted by Crippen LogP contribution is -2.26. The van der Waals surface area contributed by atoms with Crippen LogP contribution in [0, 0.1) is 0 Å². The number of aliphatic imine (C=N–C) groups is 1. The summed E-state index contributed by atoms with van der Waals surface area (Å²) in [5.41, 5.74) is 7.48. The van der Waals surface area contributed by atoms with Crippen molar-refractivity contribution in [2.24, 2.45) is 21.7 Å². The third kappa shape index (κ3) is 1.60. The van der Waals surface area contributed by atoms with Gasteiger partial charge in [0.2, 0.25) is 0 Å². The fraction of sp³-hybridized carbons (Fsp3) is 0.100. The molecular formula is C10H12N6. The molecule has 0 spiro atoms. The largest absolute Gasteiger partial charge is 0.382 e. The summed E-state index contributed by atoms with van der Waals surface area (Å²) in [5, 5.41) is 3.61. The lowest BCUT2D eigenvalue weighted by molar-refractivity contribution is 1.19. The van der Waals surface area contributed by atoms with Gasteiger partial charge in [0.15, 0.2) is 5.71 Å². The van der Waals surface area contributed by atoms with E-state index < -0.39 is 0 Å². The van der Waals surface area contributed by atoms with Crippen LogP contribution in [0.15, 0.2) is 40.7 Å². The Kier molecular flexibility index (Phi) is 2.55. The number of hydrazone groups is 1. The van der Waals surface area contributed by atoms with E-state index in [9.17, 15) is 0 Å². The van der Waals surface area contributed by atoms with Crippen molar-refractivity contribution in [3.05, 3.63) is 36.3 Å². The molecule has 0 aliphatic carbocycles. The average Bonchev–Trinajstić information content (AvgIpc) is 2.72. The number of hydrogen-bond donors (Lipinski definition) is 2. The first-order valence-electron chi connectivity index (χ1n) is 4.71. The molecule has 0 fully saturated rings. The van der Waals surface area contributed by atoms with E-state index in [1.807, 2.05) is 28.8 Å². The van der Waals surface area contributed by atoms with E-state index >= 15 is 0 Å². The van der Waals surface area contributed by atoms with Crippen LogP contribution in [-0.4, -0.2) is 28.0 Å². The minimum absolute atomic E-state index is 0.269. The van der Waals surface area contributed by atoms with Gasteiger partial charge >= 0.3 is 0 Å². The highest BCUT2D eigenvalue weighted by Gasteiger charge is 2.11. The third-order valence-corrected chi connectivity index (χ3v) is 2.22. The minimum atomic E-state index is 0.269. The molecule has 0 aliphatic rings. The van der Waals surface area contributed by atoms with Crippen LogP contribution in [0.2, 0.25) is 0 Å². The zero-order chi connectivity index (χ0) is 11.5. The Morgan fingerprint density at radius 2 is 2.25 bits per heavy atom. The predicted octanol–water partition coefficient (Wildman–Crippen LogP) is -0.0159. The zero-order valence-electron chi connectivity index (χ0n) is 8.83. The standard InChI is InChI=1S/C10H12N6/c1-13-10(11)9(15-12)7-6-16-5-3-2-4-8(16)14-7/h2-6H,12H2,1H3,(H2,11,13). The molecular weight excluding hydrogens is 204 g/mol.